The summed E-state index contributed by atoms with van der Waals surface area (Å²) in [6.07, 6.45) is 3.68. The van der Waals surface area contributed by atoms with Crippen LogP contribution < -0.4 is 5.32 Å². The van der Waals surface area contributed by atoms with Crippen LogP contribution in [0.1, 0.15) is 32.1 Å². The molecular formula is C12H19NO4. The van der Waals surface area contributed by atoms with Crippen LogP contribution in [-0.4, -0.2) is 36.2 Å². The number of carbonyl (C=O) groups excluding carboxylic acids is 1. The lowest BCUT2D eigenvalue weighted by atomic mass is 9.81. The highest BCUT2D eigenvalue weighted by Crippen LogP contribution is 2.29. The Hall–Kier alpha value is -1.10. The molecule has 0 aromatic heterocycles. The van der Waals surface area contributed by atoms with Crippen molar-refractivity contribution in [2.24, 2.45) is 11.8 Å². The molecule has 0 aromatic carbocycles. The van der Waals surface area contributed by atoms with Crippen molar-refractivity contribution in [2.75, 3.05) is 13.2 Å². The van der Waals surface area contributed by atoms with Crippen molar-refractivity contribution in [3.63, 3.8) is 0 Å². The molecule has 0 bridgehead atoms. The molecule has 0 spiro atoms. The van der Waals surface area contributed by atoms with Crippen LogP contribution in [-0.2, 0) is 14.3 Å². The van der Waals surface area contributed by atoms with Gasteiger partial charge in [0.25, 0.3) is 0 Å². The van der Waals surface area contributed by atoms with E-state index in [1.165, 1.54) is 0 Å². The predicted molar refractivity (Wildman–Crippen MR) is 60.5 cm³/mol. The summed E-state index contributed by atoms with van der Waals surface area (Å²) in [7, 11) is 0. The van der Waals surface area contributed by atoms with Crippen LogP contribution >= 0.6 is 0 Å². The predicted octanol–water partition coefficient (Wildman–Crippen LogP) is 0.782. The molecule has 1 aliphatic carbocycles. The van der Waals surface area contributed by atoms with Crippen LogP contribution in [0, 0.1) is 11.8 Å². The fourth-order valence-electron chi connectivity index (χ4n) is 2.62. The quantitative estimate of drug-likeness (QED) is 0.765. The zero-order valence-corrected chi connectivity index (χ0v) is 9.85. The molecule has 1 saturated heterocycles. The van der Waals surface area contributed by atoms with E-state index in [0.717, 1.165) is 19.3 Å². The molecule has 3 atom stereocenters. The van der Waals surface area contributed by atoms with Crippen LogP contribution in [0.4, 0.5) is 0 Å². The first kappa shape index (κ1) is 12.4. The fraction of sp³-hybridized carbons (Fsp3) is 0.833. The van der Waals surface area contributed by atoms with E-state index in [2.05, 4.69) is 5.32 Å². The first-order chi connectivity index (χ1) is 8.16. The first-order valence-corrected chi connectivity index (χ1v) is 6.27. The smallest absolute Gasteiger partial charge is 0.306 e. The van der Waals surface area contributed by atoms with E-state index in [4.69, 9.17) is 9.84 Å². The van der Waals surface area contributed by atoms with Crippen LogP contribution in [0.2, 0.25) is 0 Å². The third kappa shape index (κ3) is 3.19. The topological polar surface area (TPSA) is 75.6 Å². The molecule has 3 unspecified atom stereocenters. The van der Waals surface area contributed by atoms with Gasteiger partial charge in [0, 0.05) is 12.5 Å². The highest BCUT2D eigenvalue weighted by molar-refractivity contribution is 5.80. The Morgan fingerprint density at radius 1 is 1.18 bits per heavy atom. The number of carbonyl (C=O) groups is 2. The zero-order valence-electron chi connectivity index (χ0n) is 9.85. The van der Waals surface area contributed by atoms with E-state index in [-0.39, 0.29) is 23.8 Å². The van der Waals surface area contributed by atoms with Crippen LogP contribution in [0.25, 0.3) is 0 Å². The lowest BCUT2D eigenvalue weighted by Gasteiger charge is -2.26. The molecule has 1 aliphatic heterocycles. The Morgan fingerprint density at radius 2 is 1.94 bits per heavy atom. The number of aliphatic carboxylic acids is 1. The van der Waals surface area contributed by atoms with E-state index in [9.17, 15) is 9.59 Å². The molecule has 17 heavy (non-hydrogen) atoms. The van der Waals surface area contributed by atoms with Crippen molar-refractivity contribution in [3.05, 3.63) is 0 Å². The van der Waals surface area contributed by atoms with Crippen LogP contribution in [0.3, 0.4) is 0 Å². The summed E-state index contributed by atoms with van der Waals surface area (Å²) < 4.78 is 5.20. The molecule has 2 fully saturated rings. The molecule has 96 valence electrons. The first-order valence-electron chi connectivity index (χ1n) is 6.27. The van der Waals surface area contributed by atoms with E-state index in [1.54, 1.807) is 0 Å². The maximum atomic E-state index is 12.0. The number of nitrogens with one attached hydrogen (secondary N) is 1. The molecule has 1 saturated carbocycles. The molecule has 2 N–H and O–H groups in total. The summed E-state index contributed by atoms with van der Waals surface area (Å²) in [4.78, 5) is 22.9. The maximum Gasteiger partial charge on any atom is 0.306 e. The minimum atomic E-state index is -0.772. The van der Waals surface area contributed by atoms with Crippen LogP contribution in [0.15, 0.2) is 0 Å². The van der Waals surface area contributed by atoms with Gasteiger partial charge in [-0.15, -0.1) is 0 Å². The van der Waals surface area contributed by atoms with Crippen molar-refractivity contribution < 1.29 is 19.4 Å². The van der Waals surface area contributed by atoms with Gasteiger partial charge in [-0.3, -0.25) is 9.59 Å². The van der Waals surface area contributed by atoms with E-state index in [0.29, 0.717) is 26.1 Å². The number of rotatable bonds is 3. The number of hydrogen-bond acceptors (Lipinski definition) is 3. The highest BCUT2D eigenvalue weighted by Gasteiger charge is 2.32. The van der Waals surface area contributed by atoms with Gasteiger partial charge in [0.1, 0.15) is 0 Å². The van der Waals surface area contributed by atoms with Gasteiger partial charge in [0.05, 0.1) is 18.6 Å². The summed E-state index contributed by atoms with van der Waals surface area (Å²) in [5, 5.41) is 11.9. The lowest BCUT2D eigenvalue weighted by Crippen LogP contribution is -2.41. The number of amides is 1. The largest absolute Gasteiger partial charge is 0.481 e. The SMILES string of the molecule is O=C(O)C1CCCC(C(=O)NC2CCOC2)C1. The number of carboxylic acid groups (broad SMARTS) is 1. The van der Waals surface area contributed by atoms with Gasteiger partial charge < -0.3 is 15.2 Å². The van der Waals surface area contributed by atoms with Gasteiger partial charge in [-0.25, -0.2) is 0 Å². The molecule has 5 nitrogen and oxygen atoms in total. The van der Waals surface area contributed by atoms with Crippen molar-refractivity contribution in [2.45, 2.75) is 38.1 Å². The summed E-state index contributed by atoms with van der Waals surface area (Å²) in [5.41, 5.74) is 0. The fourth-order valence-corrected chi connectivity index (χ4v) is 2.62. The van der Waals surface area contributed by atoms with E-state index >= 15 is 0 Å². The van der Waals surface area contributed by atoms with E-state index < -0.39 is 5.97 Å². The molecule has 2 aliphatic rings. The van der Waals surface area contributed by atoms with Crippen LogP contribution in [0.5, 0.6) is 0 Å². The van der Waals surface area contributed by atoms with Gasteiger partial charge >= 0.3 is 5.97 Å². The Morgan fingerprint density at radius 3 is 2.59 bits per heavy atom. The summed E-state index contributed by atoms with van der Waals surface area (Å²) in [5.74, 6) is -1.25. The van der Waals surface area contributed by atoms with Crippen molar-refractivity contribution >= 4 is 11.9 Å². The Balaban J connectivity index is 1.83. The summed E-state index contributed by atoms with van der Waals surface area (Å²) >= 11 is 0. The van der Waals surface area contributed by atoms with Gasteiger partial charge in [0.2, 0.25) is 5.91 Å². The van der Waals surface area contributed by atoms with Crippen molar-refractivity contribution in [1.29, 1.82) is 0 Å². The summed E-state index contributed by atoms with van der Waals surface area (Å²) in [6, 6.07) is 0.118. The third-order valence-corrected chi connectivity index (χ3v) is 3.67. The molecule has 1 amide bonds. The minimum Gasteiger partial charge on any atom is -0.481 e. The highest BCUT2D eigenvalue weighted by atomic mass is 16.5. The molecule has 5 heteroatoms. The third-order valence-electron chi connectivity index (χ3n) is 3.67. The minimum absolute atomic E-state index is 0.00597. The normalized spacial score (nSPS) is 33.3. The van der Waals surface area contributed by atoms with Gasteiger partial charge in [-0.1, -0.05) is 6.42 Å². The van der Waals surface area contributed by atoms with Gasteiger partial charge in [-0.2, -0.15) is 0 Å². The second-order valence-electron chi connectivity index (χ2n) is 4.97. The Labute approximate surface area is 101 Å². The Bertz CT molecular complexity index is 299. The summed E-state index contributed by atoms with van der Waals surface area (Å²) in [6.45, 7) is 1.29. The van der Waals surface area contributed by atoms with Crippen molar-refractivity contribution in [1.82, 2.24) is 5.32 Å². The van der Waals surface area contributed by atoms with Crippen molar-refractivity contribution in [3.8, 4) is 0 Å². The molecule has 1 heterocycles. The monoisotopic (exact) mass is 241 g/mol. The number of hydrogen-bond donors (Lipinski definition) is 2. The zero-order chi connectivity index (χ0) is 12.3. The maximum absolute atomic E-state index is 12.0. The lowest BCUT2D eigenvalue weighted by molar-refractivity contribution is -0.144. The second-order valence-corrected chi connectivity index (χ2v) is 4.97. The number of ether oxygens (including phenoxy) is 1. The second kappa shape index (κ2) is 5.49. The molecule has 0 aromatic rings. The molecule has 0 radical (unpaired) electrons. The Kier molecular flexibility index (Phi) is 3.99. The molecular weight excluding hydrogens is 222 g/mol. The van der Waals surface area contributed by atoms with Gasteiger partial charge in [0.15, 0.2) is 0 Å². The van der Waals surface area contributed by atoms with Gasteiger partial charge in [-0.05, 0) is 25.7 Å². The standard InChI is InChI=1S/C12H19NO4/c14-11(13-10-4-5-17-7-10)8-2-1-3-9(6-8)12(15)16/h8-10H,1-7H2,(H,13,14)(H,15,16). The average Bonchev–Trinajstić information content (AvgIpc) is 2.82. The number of carboxylic acids is 1. The molecule has 2 rings (SSSR count). The average molecular weight is 241 g/mol. The van der Waals surface area contributed by atoms with E-state index in [1.807, 2.05) is 0 Å².